The van der Waals surface area contributed by atoms with Crippen molar-refractivity contribution in [2.45, 2.75) is 44.9 Å². The van der Waals surface area contributed by atoms with Crippen LogP contribution in [-0.2, 0) is 11.3 Å². The first kappa shape index (κ1) is 14.1. The van der Waals surface area contributed by atoms with Crippen LogP contribution in [0.25, 0.3) is 0 Å². The third-order valence-corrected chi connectivity index (χ3v) is 4.65. The standard InChI is InChI=1S/C17H26N2O/c1-14-12-20-13-15(2)19(14)17-8-9-18(11-17)10-16-6-4-3-5-7-16/h3-7,14-15,17H,8-13H2,1-2H3/t14?,15?,17-/m1/s1. The predicted molar refractivity (Wildman–Crippen MR) is 81.7 cm³/mol. The van der Waals surface area contributed by atoms with Crippen LogP contribution in [0.15, 0.2) is 30.3 Å². The van der Waals surface area contributed by atoms with E-state index in [0.717, 1.165) is 19.8 Å². The summed E-state index contributed by atoms with van der Waals surface area (Å²) in [7, 11) is 0. The second-order valence-electron chi connectivity index (χ2n) is 6.35. The van der Waals surface area contributed by atoms with E-state index in [1.165, 1.54) is 25.1 Å². The molecule has 0 bridgehead atoms. The van der Waals surface area contributed by atoms with Crippen molar-refractivity contribution in [2.75, 3.05) is 26.3 Å². The zero-order chi connectivity index (χ0) is 13.9. The molecular weight excluding hydrogens is 248 g/mol. The predicted octanol–water partition coefficient (Wildman–Crippen LogP) is 2.37. The number of likely N-dealkylation sites (tertiary alicyclic amines) is 1. The molecule has 0 aliphatic carbocycles. The summed E-state index contributed by atoms with van der Waals surface area (Å²) in [6.07, 6.45) is 1.29. The van der Waals surface area contributed by atoms with E-state index < -0.39 is 0 Å². The maximum atomic E-state index is 5.65. The minimum atomic E-state index is 0.556. The number of hydrogen-bond acceptors (Lipinski definition) is 3. The highest BCUT2D eigenvalue weighted by Crippen LogP contribution is 2.24. The van der Waals surface area contributed by atoms with Crippen molar-refractivity contribution in [1.82, 2.24) is 9.80 Å². The summed E-state index contributed by atoms with van der Waals surface area (Å²) in [5.74, 6) is 0. The summed E-state index contributed by atoms with van der Waals surface area (Å²) >= 11 is 0. The van der Waals surface area contributed by atoms with Gasteiger partial charge in [0, 0.05) is 37.8 Å². The van der Waals surface area contributed by atoms with E-state index in [0.29, 0.717) is 18.1 Å². The quantitative estimate of drug-likeness (QED) is 0.841. The molecule has 0 saturated carbocycles. The average molecular weight is 274 g/mol. The maximum Gasteiger partial charge on any atom is 0.0620 e. The molecule has 2 aliphatic rings. The van der Waals surface area contributed by atoms with Crippen molar-refractivity contribution < 1.29 is 4.74 Å². The van der Waals surface area contributed by atoms with Crippen LogP contribution in [-0.4, -0.2) is 54.2 Å². The Morgan fingerprint density at radius 1 is 1.10 bits per heavy atom. The second-order valence-corrected chi connectivity index (χ2v) is 6.35. The van der Waals surface area contributed by atoms with Crippen LogP contribution >= 0.6 is 0 Å². The van der Waals surface area contributed by atoms with Crippen molar-refractivity contribution >= 4 is 0 Å². The van der Waals surface area contributed by atoms with E-state index in [2.05, 4.69) is 54.0 Å². The molecule has 3 heteroatoms. The highest BCUT2D eigenvalue weighted by Gasteiger charge is 2.35. The molecule has 2 aliphatic heterocycles. The smallest absolute Gasteiger partial charge is 0.0620 e. The Balaban J connectivity index is 1.59. The molecule has 2 fully saturated rings. The Morgan fingerprint density at radius 2 is 1.80 bits per heavy atom. The van der Waals surface area contributed by atoms with Gasteiger partial charge >= 0.3 is 0 Å². The van der Waals surface area contributed by atoms with Gasteiger partial charge in [-0.1, -0.05) is 30.3 Å². The fraction of sp³-hybridized carbons (Fsp3) is 0.647. The fourth-order valence-electron chi connectivity index (χ4n) is 3.78. The summed E-state index contributed by atoms with van der Waals surface area (Å²) in [6.45, 7) is 9.88. The molecule has 0 amide bonds. The summed E-state index contributed by atoms with van der Waals surface area (Å²) < 4.78 is 5.65. The van der Waals surface area contributed by atoms with Crippen LogP contribution in [0, 0.1) is 0 Å². The third-order valence-electron chi connectivity index (χ3n) is 4.65. The molecule has 2 unspecified atom stereocenters. The number of ether oxygens (including phenoxy) is 1. The average Bonchev–Trinajstić information content (AvgIpc) is 2.88. The lowest BCUT2D eigenvalue weighted by molar-refractivity contribution is -0.0560. The van der Waals surface area contributed by atoms with Gasteiger partial charge in [-0.05, 0) is 25.8 Å². The van der Waals surface area contributed by atoms with E-state index in [1.807, 2.05) is 0 Å². The van der Waals surface area contributed by atoms with Gasteiger partial charge in [0.2, 0.25) is 0 Å². The molecule has 110 valence electrons. The lowest BCUT2D eigenvalue weighted by Crippen LogP contribution is -2.55. The van der Waals surface area contributed by atoms with Crippen LogP contribution in [0.5, 0.6) is 0 Å². The van der Waals surface area contributed by atoms with E-state index in [-0.39, 0.29) is 0 Å². The van der Waals surface area contributed by atoms with Crippen LogP contribution in [0.4, 0.5) is 0 Å². The summed E-state index contributed by atoms with van der Waals surface area (Å²) in [5.41, 5.74) is 1.43. The highest BCUT2D eigenvalue weighted by atomic mass is 16.5. The normalized spacial score (nSPS) is 32.6. The first-order valence-corrected chi connectivity index (χ1v) is 7.85. The van der Waals surface area contributed by atoms with Crippen molar-refractivity contribution in [3.05, 3.63) is 35.9 Å². The number of hydrogen-bond donors (Lipinski definition) is 0. The number of benzene rings is 1. The van der Waals surface area contributed by atoms with Gasteiger partial charge in [-0.3, -0.25) is 9.80 Å². The molecule has 0 spiro atoms. The molecule has 2 saturated heterocycles. The Hall–Kier alpha value is -0.900. The van der Waals surface area contributed by atoms with Gasteiger partial charge in [0.1, 0.15) is 0 Å². The molecule has 1 aromatic carbocycles. The zero-order valence-corrected chi connectivity index (χ0v) is 12.7. The van der Waals surface area contributed by atoms with Gasteiger partial charge in [0.15, 0.2) is 0 Å². The maximum absolute atomic E-state index is 5.65. The Kier molecular flexibility index (Phi) is 4.39. The minimum Gasteiger partial charge on any atom is -0.378 e. The van der Waals surface area contributed by atoms with Gasteiger partial charge < -0.3 is 4.74 Å². The SMILES string of the molecule is CC1COCC(C)N1[C@@H]1CCN(Cc2ccccc2)C1. The van der Waals surface area contributed by atoms with Gasteiger partial charge in [0.25, 0.3) is 0 Å². The topological polar surface area (TPSA) is 15.7 Å². The summed E-state index contributed by atoms with van der Waals surface area (Å²) in [4.78, 5) is 5.28. The van der Waals surface area contributed by atoms with E-state index >= 15 is 0 Å². The zero-order valence-electron chi connectivity index (χ0n) is 12.7. The van der Waals surface area contributed by atoms with Gasteiger partial charge in [-0.2, -0.15) is 0 Å². The Morgan fingerprint density at radius 3 is 2.50 bits per heavy atom. The lowest BCUT2D eigenvalue weighted by Gasteiger charge is -2.42. The summed E-state index contributed by atoms with van der Waals surface area (Å²) in [6, 6.07) is 12.6. The monoisotopic (exact) mass is 274 g/mol. The largest absolute Gasteiger partial charge is 0.378 e. The molecule has 0 aromatic heterocycles. The van der Waals surface area contributed by atoms with Crippen molar-refractivity contribution in [1.29, 1.82) is 0 Å². The summed E-state index contributed by atoms with van der Waals surface area (Å²) in [5, 5.41) is 0. The van der Waals surface area contributed by atoms with E-state index in [4.69, 9.17) is 4.74 Å². The van der Waals surface area contributed by atoms with Crippen molar-refractivity contribution in [3.63, 3.8) is 0 Å². The molecule has 0 N–H and O–H groups in total. The van der Waals surface area contributed by atoms with Crippen LogP contribution in [0.3, 0.4) is 0 Å². The first-order chi connectivity index (χ1) is 9.74. The molecule has 3 atom stereocenters. The first-order valence-electron chi connectivity index (χ1n) is 7.85. The van der Waals surface area contributed by atoms with Gasteiger partial charge in [-0.25, -0.2) is 0 Å². The van der Waals surface area contributed by atoms with Crippen LogP contribution in [0.2, 0.25) is 0 Å². The van der Waals surface area contributed by atoms with Crippen LogP contribution in [0.1, 0.15) is 25.8 Å². The number of nitrogens with zero attached hydrogens (tertiary/aromatic N) is 2. The molecule has 2 heterocycles. The van der Waals surface area contributed by atoms with E-state index in [1.54, 1.807) is 0 Å². The van der Waals surface area contributed by atoms with E-state index in [9.17, 15) is 0 Å². The number of rotatable bonds is 3. The van der Waals surface area contributed by atoms with Crippen LogP contribution < -0.4 is 0 Å². The molecule has 1 aromatic rings. The number of morpholine rings is 1. The van der Waals surface area contributed by atoms with Crippen molar-refractivity contribution in [3.8, 4) is 0 Å². The Bertz CT molecular complexity index is 412. The Labute approximate surface area is 122 Å². The van der Waals surface area contributed by atoms with Crippen molar-refractivity contribution in [2.24, 2.45) is 0 Å². The highest BCUT2D eigenvalue weighted by molar-refractivity contribution is 5.14. The van der Waals surface area contributed by atoms with Gasteiger partial charge in [0.05, 0.1) is 13.2 Å². The molecule has 3 nitrogen and oxygen atoms in total. The molecule has 20 heavy (non-hydrogen) atoms. The third kappa shape index (κ3) is 3.05. The fourth-order valence-corrected chi connectivity index (χ4v) is 3.78. The molecular formula is C17H26N2O. The molecule has 3 rings (SSSR count). The van der Waals surface area contributed by atoms with Gasteiger partial charge in [-0.15, -0.1) is 0 Å². The molecule has 0 radical (unpaired) electrons. The minimum absolute atomic E-state index is 0.556. The second kappa shape index (κ2) is 6.25. The lowest BCUT2D eigenvalue weighted by atomic mass is 10.1.